The van der Waals surface area contributed by atoms with Crippen molar-refractivity contribution >= 4 is 23.6 Å². The number of hydrogen-bond acceptors (Lipinski definition) is 3. The van der Waals surface area contributed by atoms with Crippen LogP contribution in [0.4, 0.5) is 4.79 Å². The minimum absolute atomic E-state index is 0.247. The van der Waals surface area contributed by atoms with E-state index in [4.69, 9.17) is 16.3 Å². The lowest BCUT2D eigenvalue weighted by atomic mass is 10.0. The zero-order chi connectivity index (χ0) is 16.3. The van der Waals surface area contributed by atoms with E-state index < -0.39 is 17.7 Å². The molecule has 0 aliphatic carbocycles. The van der Waals surface area contributed by atoms with Crippen molar-refractivity contribution in [1.29, 1.82) is 0 Å². The van der Waals surface area contributed by atoms with E-state index in [0.717, 1.165) is 5.56 Å². The van der Waals surface area contributed by atoms with Crippen LogP contribution in [0.5, 0.6) is 0 Å². The molecule has 118 valence electrons. The van der Waals surface area contributed by atoms with Gasteiger partial charge in [-0.3, -0.25) is 9.69 Å². The van der Waals surface area contributed by atoms with Crippen LogP contribution in [0.25, 0.3) is 0 Å². The summed E-state index contributed by atoms with van der Waals surface area (Å²) in [6, 6.07) is 6.53. The van der Waals surface area contributed by atoms with Crippen LogP contribution in [0.2, 0.25) is 5.02 Å². The Hall–Kier alpha value is -2.01. The second kappa shape index (κ2) is 6.40. The Balaban J connectivity index is 2.17. The highest BCUT2D eigenvalue weighted by Crippen LogP contribution is 2.18. The molecule has 0 saturated heterocycles. The Morgan fingerprint density at radius 3 is 2.55 bits per heavy atom. The number of ether oxygens (including phenoxy) is 1. The molecule has 0 fully saturated rings. The van der Waals surface area contributed by atoms with E-state index in [1.54, 1.807) is 32.9 Å². The third kappa shape index (κ3) is 4.24. The van der Waals surface area contributed by atoms with Crippen LogP contribution in [0.3, 0.4) is 0 Å². The molecule has 1 unspecified atom stereocenters. The summed E-state index contributed by atoms with van der Waals surface area (Å²) in [6.45, 7) is 5.35. The lowest BCUT2D eigenvalue weighted by molar-refractivity contribution is -0.125. The summed E-state index contributed by atoms with van der Waals surface area (Å²) in [4.78, 5) is 25.7. The summed E-state index contributed by atoms with van der Waals surface area (Å²) in [6.07, 6.45) is 2.80. The van der Waals surface area contributed by atoms with Crippen molar-refractivity contribution in [1.82, 2.24) is 10.2 Å². The summed E-state index contributed by atoms with van der Waals surface area (Å²) in [5.41, 5.74) is 0.289. The summed E-state index contributed by atoms with van der Waals surface area (Å²) >= 11 is 5.86. The molecule has 0 saturated carbocycles. The second-order valence-electron chi connectivity index (χ2n) is 6.06. The number of carbonyl (C=O) groups excluding carboxylic acids is 2. The van der Waals surface area contributed by atoms with Crippen LogP contribution in [0, 0.1) is 0 Å². The van der Waals surface area contributed by atoms with Gasteiger partial charge in [0.2, 0.25) is 5.91 Å². The minimum atomic E-state index is -0.652. The molecule has 5 nitrogen and oxygen atoms in total. The first kappa shape index (κ1) is 16.4. The Bertz CT molecular complexity index is 590. The molecular weight excluding hydrogens is 304 g/mol. The van der Waals surface area contributed by atoms with Crippen LogP contribution in [0.15, 0.2) is 36.7 Å². The molecule has 1 atom stereocenters. The van der Waals surface area contributed by atoms with Crippen LogP contribution >= 0.6 is 11.6 Å². The van der Waals surface area contributed by atoms with Crippen molar-refractivity contribution in [2.45, 2.75) is 38.8 Å². The van der Waals surface area contributed by atoms with E-state index in [1.807, 2.05) is 12.1 Å². The molecule has 0 aromatic heterocycles. The van der Waals surface area contributed by atoms with Crippen molar-refractivity contribution in [3.8, 4) is 0 Å². The third-order valence-corrected chi connectivity index (χ3v) is 3.30. The van der Waals surface area contributed by atoms with E-state index in [2.05, 4.69) is 5.32 Å². The van der Waals surface area contributed by atoms with Gasteiger partial charge in [0.15, 0.2) is 0 Å². The number of amides is 2. The van der Waals surface area contributed by atoms with Crippen molar-refractivity contribution in [3.63, 3.8) is 0 Å². The van der Waals surface area contributed by atoms with E-state index >= 15 is 0 Å². The molecule has 1 N–H and O–H groups in total. The summed E-state index contributed by atoms with van der Waals surface area (Å²) in [7, 11) is 0. The number of halogens is 1. The average Bonchev–Trinajstić information content (AvgIpc) is 2.41. The Kier molecular flexibility index (Phi) is 4.76. The molecule has 1 aromatic rings. The van der Waals surface area contributed by atoms with Gasteiger partial charge >= 0.3 is 6.09 Å². The van der Waals surface area contributed by atoms with Gasteiger partial charge in [-0.2, -0.15) is 0 Å². The summed E-state index contributed by atoms with van der Waals surface area (Å²) < 4.78 is 5.35. The molecule has 1 aliphatic rings. The van der Waals surface area contributed by atoms with Crippen molar-refractivity contribution < 1.29 is 14.3 Å². The highest BCUT2D eigenvalue weighted by atomic mass is 35.5. The van der Waals surface area contributed by atoms with Crippen molar-refractivity contribution in [2.75, 3.05) is 0 Å². The first-order valence-corrected chi connectivity index (χ1v) is 7.37. The topological polar surface area (TPSA) is 58.6 Å². The second-order valence-corrected chi connectivity index (χ2v) is 6.49. The van der Waals surface area contributed by atoms with Gasteiger partial charge < -0.3 is 10.1 Å². The highest BCUT2D eigenvalue weighted by molar-refractivity contribution is 6.30. The Morgan fingerprint density at radius 2 is 1.95 bits per heavy atom. The number of rotatable bonds is 2. The maximum atomic E-state index is 12.3. The quantitative estimate of drug-likeness (QED) is 0.910. The predicted octanol–water partition coefficient (Wildman–Crippen LogP) is 3.09. The Labute approximate surface area is 134 Å². The molecule has 6 heteroatoms. The lowest BCUT2D eigenvalue weighted by Crippen LogP contribution is -2.51. The number of carbonyl (C=O) groups is 2. The van der Waals surface area contributed by atoms with E-state index in [1.165, 1.54) is 17.3 Å². The van der Waals surface area contributed by atoms with E-state index in [9.17, 15) is 9.59 Å². The zero-order valence-electron chi connectivity index (χ0n) is 12.8. The molecule has 0 bridgehead atoms. The van der Waals surface area contributed by atoms with E-state index in [-0.39, 0.29) is 5.91 Å². The van der Waals surface area contributed by atoms with Gasteiger partial charge in [0.25, 0.3) is 0 Å². The molecule has 2 rings (SSSR count). The van der Waals surface area contributed by atoms with Gasteiger partial charge in [-0.25, -0.2) is 4.79 Å². The monoisotopic (exact) mass is 322 g/mol. The molecule has 0 spiro atoms. The van der Waals surface area contributed by atoms with Crippen LogP contribution in [0.1, 0.15) is 26.3 Å². The van der Waals surface area contributed by atoms with Crippen molar-refractivity contribution in [3.05, 3.63) is 47.3 Å². The molecule has 1 aliphatic heterocycles. The maximum Gasteiger partial charge on any atom is 0.415 e. The fraction of sp³-hybridized carbons (Fsp3) is 0.375. The van der Waals surface area contributed by atoms with E-state index in [0.29, 0.717) is 11.4 Å². The van der Waals surface area contributed by atoms with Crippen LogP contribution in [-0.4, -0.2) is 28.5 Å². The van der Waals surface area contributed by atoms with Gasteiger partial charge in [-0.1, -0.05) is 23.7 Å². The lowest BCUT2D eigenvalue weighted by Gasteiger charge is -2.32. The minimum Gasteiger partial charge on any atom is -0.443 e. The number of nitrogens with zero attached hydrogens (tertiary/aromatic N) is 1. The predicted molar refractivity (Wildman–Crippen MR) is 84.3 cm³/mol. The van der Waals surface area contributed by atoms with Gasteiger partial charge in [0.05, 0.1) is 0 Å². The van der Waals surface area contributed by atoms with Crippen LogP contribution in [-0.2, 0) is 16.0 Å². The molecular formula is C16H19ClN2O3. The highest BCUT2D eigenvalue weighted by Gasteiger charge is 2.33. The van der Waals surface area contributed by atoms with Gasteiger partial charge in [-0.05, 0) is 38.5 Å². The fourth-order valence-corrected chi connectivity index (χ4v) is 2.19. The standard InChI is InChI=1S/C16H19ClN2O3/c1-16(2,3)22-15(21)19-9-8-18-14(20)13(19)10-11-4-6-12(17)7-5-11/h4-9,13H,10H2,1-3H3,(H,18,20). The van der Waals surface area contributed by atoms with Gasteiger partial charge in [0, 0.05) is 23.8 Å². The van der Waals surface area contributed by atoms with Crippen LogP contribution < -0.4 is 5.32 Å². The van der Waals surface area contributed by atoms with Crippen molar-refractivity contribution in [2.24, 2.45) is 0 Å². The fourth-order valence-electron chi connectivity index (χ4n) is 2.06. The Morgan fingerprint density at radius 1 is 1.32 bits per heavy atom. The molecule has 2 amide bonds. The smallest absolute Gasteiger partial charge is 0.415 e. The summed E-state index contributed by atoms with van der Waals surface area (Å²) in [5.74, 6) is -0.247. The summed E-state index contributed by atoms with van der Waals surface area (Å²) in [5, 5.41) is 3.24. The zero-order valence-corrected chi connectivity index (χ0v) is 13.6. The average molecular weight is 323 g/mol. The number of hydrogen-bond donors (Lipinski definition) is 1. The molecule has 1 heterocycles. The number of nitrogens with one attached hydrogen (secondary N) is 1. The molecule has 22 heavy (non-hydrogen) atoms. The molecule has 1 aromatic carbocycles. The number of benzene rings is 1. The van der Waals surface area contributed by atoms with Gasteiger partial charge in [0.1, 0.15) is 11.6 Å². The first-order chi connectivity index (χ1) is 10.3. The van der Waals surface area contributed by atoms with Gasteiger partial charge in [-0.15, -0.1) is 0 Å². The maximum absolute atomic E-state index is 12.3. The third-order valence-electron chi connectivity index (χ3n) is 3.05. The largest absolute Gasteiger partial charge is 0.443 e. The normalized spacial score (nSPS) is 18.1. The first-order valence-electron chi connectivity index (χ1n) is 6.99. The SMILES string of the molecule is CC(C)(C)OC(=O)N1C=CNC(=O)C1Cc1ccc(Cl)cc1. The molecule has 0 radical (unpaired) electrons.